The van der Waals surface area contributed by atoms with Crippen molar-refractivity contribution in [1.82, 2.24) is 10.2 Å². The number of hydrogen-bond acceptors (Lipinski definition) is 3. The molecule has 2 aliphatic heterocycles. The van der Waals surface area contributed by atoms with E-state index in [0.29, 0.717) is 25.2 Å². The summed E-state index contributed by atoms with van der Waals surface area (Å²) in [5.74, 6) is -1.57. The molecule has 2 heterocycles. The molecule has 2 aliphatic rings. The maximum atomic E-state index is 12.8. The van der Waals surface area contributed by atoms with E-state index in [-0.39, 0.29) is 5.91 Å². The summed E-state index contributed by atoms with van der Waals surface area (Å²) < 4.78 is 0.815. The molecule has 0 unspecified atom stereocenters. The first-order chi connectivity index (χ1) is 13.5. The molecule has 0 spiro atoms. The number of nitrogens with one attached hydrogen (secondary N) is 1. The van der Waals surface area contributed by atoms with Gasteiger partial charge in [0.25, 0.3) is 5.91 Å². The quantitative estimate of drug-likeness (QED) is 0.727. The van der Waals surface area contributed by atoms with Gasteiger partial charge in [0.15, 0.2) is 0 Å². The average molecular weight is 442 g/mol. The van der Waals surface area contributed by atoms with Crippen LogP contribution in [0.3, 0.4) is 0 Å². The van der Waals surface area contributed by atoms with Crippen LogP contribution in [0.15, 0.2) is 46.9 Å². The van der Waals surface area contributed by atoms with Crippen LogP contribution in [-0.4, -0.2) is 35.7 Å². The van der Waals surface area contributed by atoms with Crippen LogP contribution in [0.1, 0.15) is 29.7 Å². The lowest BCUT2D eigenvalue weighted by Crippen LogP contribution is -2.47. The van der Waals surface area contributed by atoms with Gasteiger partial charge in [-0.05, 0) is 42.7 Å². The van der Waals surface area contributed by atoms with Crippen LogP contribution in [-0.2, 0) is 27.3 Å². The zero-order valence-electron chi connectivity index (χ0n) is 15.4. The van der Waals surface area contributed by atoms with E-state index < -0.39 is 17.9 Å². The number of carbonyl (C=O) groups excluding carboxylic acids is 3. The summed E-state index contributed by atoms with van der Waals surface area (Å²) in [6.45, 7) is 3.27. The zero-order valence-corrected chi connectivity index (χ0v) is 17.0. The third-order valence-electron chi connectivity index (χ3n) is 5.31. The Bertz CT molecular complexity index is 975. The fourth-order valence-corrected chi connectivity index (χ4v) is 4.26. The van der Waals surface area contributed by atoms with Crippen LogP contribution in [0.25, 0.3) is 0 Å². The molecular formula is C21H20BrN3O3. The Labute approximate surface area is 171 Å². The molecule has 2 aromatic rings. The molecule has 6 nitrogen and oxygen atoms in total. The second-order valence-electron chi connectivity index (χ2n) is 6.94. The van der Waals surface area contributed by atoms with E-state index in [0.717, 1.165) is 22.1 Å². The molecule has 0 fully saturated rings. The van der Waals surface area contributed by atoms with Crippen LogP contribution in [0.5, 0.6) is 0 Å². The van der Waals surface area contributed by atoms with Crippen LogP contribution in [0, 0.1) is 0 Å². The van der Waals surface area contributed by atoms with Gasteiger partial charge in [0.05, 0.1) is 0 Å². The number of nitrogens with zero attached hydrogens (tertiary/aromatic N) is 2. The maximum absolute atomic E-state index is 12.8. The first-order valence-corrected chi connectivity index (χ1v) is 10.1. The van der Waals surface area contributed by atoms with Gasteiger partial charge >= 0.3 is 11.8 Å². The normalized spacial score (nSPS) is 17.9. The summed E-state index contributed by atoms with van der Waals surface area (Å²) in [4.78, 5) is 41.3. The molecule has 28 heavy (non-hydrogen) atoms. The van der Waals surface area contributed by atoms with Gasteiger partial charge in [0, 0.05) is 35.4 Å². The molecule has 144 valence electrons. The van der Waals surface area contributed by atoms with Crippen molar-refractivity contribution >= 4 is 39.3 Å². The number of halogens is 1. The highest BCUT2D eigenvalue weighted by Crippen LogP contribution is 2.37. The SMILES string of the molecule is CCN1C(=O)[C@H](NC(=O)C(=O)N2CCc3ccccc3C2)c2cc(Br)ccc21. The Hall–Kier alpha value is -2.67. The van der Waals surface area contributed by atoms with Crippen molar-refractivity contribution in [3.05, 3.63) is 63.6 Å². The van der Waals surface area contributed by atoms with Crippen LogP contribution >= 0.6 is 15.9 Å². The van der Waals surface area contributed by atoms with Crippen molar-refractivity contribution in [2.45, 2.75) is 25.9 Å². The highest BCUT2D eigenvalue weighted by atomic mass is 79.9. The summed E-state index contributed by atoms with van der Waals surface area (Å²) in [5.41, 5.74) is 3.72. The first kappa shape index (κ1) is 18.7. The number of carbonyl (C=O) groups is 3. The molecule has 0 bridgehead atoms. The van der Waals surface area contributed by atoms with E-state index in [9.17, 15) is 14.4 Å². The van der Waals surface area contributed by atoms with E-state index in [4.69, 9.17) is 0 Å². The highest BCUT2D eigenvalue weighted by Gasteiger charge is 2.39. The molecule has 1 atom stereocenters. The molecule has 0 aliphatic carbocycles. The summed E-state index contributed by atoms with van der Waals surface area (Å²) >= 11 is 3.41. The van der Waals surface area contributed by atoms with E-state index in [1.54, 1.807) is 4.90 Å². The molecule has 2 aromatic carbocycles. The minimum absolute atomic E-state index is 0.222. The Balaban J connectivity index is 1.52. The smallest absolute Gasteiger partial charge is 0.312 e. The number of rotatable bonds is 2. The number of anilines is 1. The predicted molar refractivity (Wildman–Crippen MR) is 109 cm³/mol. The second-order valence-corrected chi connectivity index (χ2v) is 7.85. The van der Waals surface area contributed by atoms with Crippen LogP contribution < -0.4 is 10.2 Å². The number of amides is 3. The Morgan fingerprint density at radius 1 is 1.18 bits per heavy atom. The predicted octanol–water partition coefficient (Wildman–Crippen LogP) is 2.56. The third-order valence-corrected chi connectivity index (χ3v) is 5.80. The van der Waals surface area contributed by atoms with Gasteiger partial charge in [0.1, 0.15) is 6.04 Å². The fraction of sp³-hybridized carbons (Fsp3) is 0.286. The monoisotopic (exact) mass is 441 g/mol. The molecule has 0 aromatic heterocycles. The van der Waals surface area contributed by atoms with Crippen molar-refractivity contribution in [2.75, 3.05) is 18.0 Å². The first-order valence-electron chi connectivity index (χ1n) is 9.27. The molecule has 7 heteroatoms. The lowest BCUT2D eigenvalue weighted by Gasteiger charge is -2.28. The summed E-state index contributed by atoms with van der Waals surface area (Å²) in [5, 5.41) is 2.66. The Kier molecular flexibility index (Phi) is 4.93. The van der Waals surface area contributed by atoms with E-state index >= 15 is 0 Å². The largest absolute Gasteiger partial charge is 0.332 e. The second kappa shape index (κ2) is 7.39. The van der Waals surface area contributed by atoms with Gasteiger partial charge in [-0.25, -0.2) is 0 Å². The lowest BCUT2D eigenvalue weighted by molar-refractivity contribution is -0.147. The highest BCUT2D eigenvalue weighted by molar-refractivity contribution is 9.10. The van der Waals surface area contributed by atoms with E-state index in [1.165, 1.54) is 10.5 Å². The average Bonchev–Trinajstić information content (AvgIpc) is 2.97. The standard InChI is InChI=1S/C21H20BrN3O3/c1-2-25-17-8-7-15(22)11-16(17)18(20(25)27)23-19(26)21(28)24-10-9-13-5-3-4-6-14(13)12-24/h3-8,11,18H,2,9-10,12H2,1H3,(H,23,26)/t18-/m1/s1. The topological polar surface area (TPSA) is 69.7 Å². The zero-order chi connectivity index (χ0) is 19.8. The lowest BCUT2D eigenvalue weighted by atomic mass is 10.00. The minimum Gasteiger partial charge on any atom is -0.332 e. The molecule has 0 radical (unpaired) electrons. The molecule has 4 rings (SSSR count). The van der Waals surface area contributed by atoms with Crippen molar-refractivity contribution in [1.29, 1.82) is 0 Å². The van der Waals surface area contributed by atoms with Crippen molar-refractivity contribution in [2.24, 2.45) is 0 Å². The number of likely N-dealkylation sites (N-methyl/N-ethyl adjacent to an activating group) is 1. The maximum Gasteiger partial charge on any atom is 0.312 e. The summed E-state index contributed by atoms with van der Waals surface area (Å²) in [6.07, 6.45) is 0.719. The van der Waals surface area contributed by atoms with Crippen LogP contribution in [0.4, 0.5) is 5.69 Å². The van der Waals surface area contributed by atoms with Gasteiger partial charge in [-0.15, -0.1) is 0 Å². The van der Waals surface area contributed by atoms with Gasteiger partial charge in [0.2, 0.25) is 0 Å². The molecular weight excluding hydrogens is 422 g/mol. The fourth-order valence-electron chi connectivity index (χ4n) is 3.88. The molecule has 0 saturated carbocycles. The Morgan fingerprint density at radius 2 is 1.93 bits per heavy atom. The molecule has 3 amide bonds. The minimum atomic E-state index is -0.846. The number of hydrogen-bond donors (Lipinski definition) is 1. The van der Waals surface area contributed by atoms with Gasteiger partial charge < -0.3 is 15.1 Å². The summed E-state index contributed by atoms with van der Waals surface area (Å²) in [7, 11) is 0. The third kappa shape index (κ3) is 3.20. The molecule has 1 N–H and O–H groups in total. The number of benzene rings is 2. The Morgan fingerprint density at radius 3 is 2.68 bits per heavy atom. The van der Waals surface area contributed by atoms with Crippen LogP contribution in [0.2, 0.25) is 0 Å². The van der Waals surface area contributed by atoms with Crippen molar-refractivity contribution in [3.8, 4) is 0 Å². The van der Waals surface area contributed by atoms with Gasteiger partial charge in [-0.2, -0.15) is 0 Å². The van der Waals surface area contributed by atoms with Crippen molar-refractivity contribution in [3.63, 3.8) is 0 Å². The van der Waals surface area contributed by atoms with Crippen molar-refractivity contribution < 1.29 is 14.4 Å². The van der Waals surface area contributed by atoms with E-state index in [1.807, 2.05) is 49.4 Å². The number of fused-ring (bicyclic) bond motifs is 2. The molecule has 0 saturated heterocycles. The van der Waals surface area contributed by atoms with Gasteiger partial charge in [-0.1, -0.05) is 40.2 Å². The van der Waals surface area contributed by atoms with E-state index in [2.05, 4.69) is 21.2 Å². The summed E-state index contributed by atoms with van der Waals surface area (Å²) in [6, 6.07) is 12.6. The van der Waals surface area contributed by atoms with Gasteiger partial charge in [-0.3, -0.25) is 14.4 Å².